The SMILES string of the molecule is Cc1nc(-c2ccccc2)ccc1C(=O)Nc1ccc(N2CC(C)OC(C)C2)cc1. The summed E-state index contributed by atoms with van der Waals surface area (Å²) in [4.78, 5) is 19.7. The van der Waals surface area contributed by atoms with Gasteiger partial charge in [-0.05, 0) is 57.2 Å². The number of nitrogens with zero attached hydrogens (tertiary/aromatic N) is 2. The molecule has 2 aromatic carbocycles. The molecule has 1 aliphatic heterocycles. The van der Waals surface area contributed by atoms with Crippen molar-refractivity contribution in [2.45, 2.75) is 33.0 Å². The third-order valence-electron chi connectivity index (χ3n) is 5.31. The molecule has 1 fully saturated rings. The normalized spacial score (nSPS) is 18.8. The zero-order valence-corrected chi connectivity index (χ0v) is 17.6. The van der Waals surface area contributed by atoms with Gasteiger partial charge in [0, 0.05) is 30.0 Å². The zero-order chi connectivity index (χ0) is 21.1. The Morgan fingerprint density at radius 1 is 0.967 bits per heavy atom. The number of hydrogen-bond acceptors (Lipinski definition) is 4. The van der Waals surface area contributed by atoms with Gasteiger partial charge in [0.1, 0.15) is 0 Å². The second kappa shape index (κ2) is 8.67. The van der Waals surface area contributed by atoms with Crippen LogP contribution in [0.5, 0.6) is 0 Å². The molecule has 1 saturated heterocycles. The van der Waals surface area contributed by atoms with E-state index in [9.17, 15) is 4.79 Å². The van der Waals surface area contributed by atoms with Crippen molar-refractivity contribution >= 4 is 17.3 Å². The molecule has 0 aliphatic carbocycles. The Morgan fingerprint density at radius 3 is 2.27 bits per heavy atom. The first-order valence-corrected chi connectivity index (χ1v) is 10.3. The van der Waals surface area contributed by atoms with Gasteiger partial charge in [-0.2, -0.15) is 0 Å². The summed E-state index contributed by atoms with van der Waals surface area (Å²) in [6.45, 7) is 7.79. The molecule has 1 aromatic heterocycles. The average Bonchev–Trinajstić information content (AvgIpc) is 2.74. The summed E-state index contributed by atoms with van der Waals surface area (Å²) in [6, 6.07) is 21.7. The summed E-state index contributed by atoms with van der Waals surface area (Å²) < 4.78 is 5.81. The number of pyridine rings is 1. The minimum Gasteiger partial charge on any atom is -0.372 e. The van der Waals surface area contributed by atoms with E-state index in [0.717, 1.165) is 35.7 Å². The van der Waals surface area contributed by atoms with E-state index in [4.69, 9.17) is 4.74 Å². The third-order valence-corrected chi connectivity index (χ3v) is 5.31. The second-order valence-corrected chi connectivity index (χ2v) is 7.86. The van der Waals surface area contributed by atoms with Gasteiger partial charge < -0.3 is 15.0 Å². The lowest BCUT2D eigenvalue weighted by Crippen LogP contribution is -2.45. The van der Waals surface area contributed by atoms with E-state index >= 15 is 0 Å². The molecule has 2 atom stereocenters. The maximum Gasteiger partial charge on any atom is 0.257 e. The largest absolute Gasteiger partial charge is 0.372 e. The Bertz CT molecular complexity index is 1010. The predicted octanol–water partition coefficient (Wildman–Crippen LogP) is 4.92. The fourth-order valence-corrected chi connectivity index (χ4v) is 3.91. The number of nitrogens with one attached hydrogen (secondary N) is 1. The Hall–Kier alpha value is -3.18. The number of hydrogen-bond donors (Lipinski definition) is 1. The Morgan fingerprint density at radius 2 is 1.63 bits per heavy atom. The zero-order valence-electron chi connectivity index (χ0n) is 17.6. The monoisotopic (exact) mass is 401 g/mol. The number of anilines is 2. The van der Waals surface area contributed by atoms with Gasteiger partial charge in [-0.15, -0.1) is 0 Å². The number of amides is 1. The molecule has 0 radical (unpaired) electrons. The van der Waals surface area contributed by atoms with Crippen LogP contribution in [0.2, 0.25) is 0 Å². The molecule has 0 bridgehead atoms. The molecule has 2 unspecified atom stereocenters. The van der Waals surface area contributed by atoms with Gasteiger partial charge in [0.05, 0.1) is 29.2 Å². The third kappa shape index (κ3) is 4.52. The highest BCUT2D eigenvalue weighted by molar-refractivity contribution is 6.05. The molecular weight excluding hydrogens is 374 g/mol. The molecule has 0 saturated carbocycles. The molecule has 1 aliphatic rings. The molecule has 3 aromatic rings. The van der Waals surface area contributed by atoms with Crippen molar-refractivity contribution in [2.24, 2.45) is 0 Å². The van der Waals surface area contributed by atoms with Crippen LogP contribution in [0.1, 0.15) is 29.9 Å². The van der Waals surface area contributed by atoms with Crippen molar-refractivity contribution in [3.63, 3.8) is 0 Å². The van der Waals surface area contributed by atoms with E-state index in [1.807, 2.05) is 73.7 Å². The van der Waals surface area contributed by atoms with Gasteiger partial charge in [0.15, 0.2) is 0 Å². The van der Waals surface area contributed by atoms with Crippen molar-refractivity contribution in [1.82, 2.24) is 4.98 Å². The predicted molar refractivity (Wildman–Crippen MR) is 121 cm³/mol. The summed E-state index contributed by atoms with van der Waals surface area (Å²) >= 11 is 0. The number of rotatable bonds is 4. The fourth-order valence-electron chi connectivity index (χ4n) is 3.91. The topological polar surface area (TPSA) is 54.5 Å². The van der Waals surface area contributed by atoms with Crippen LogP contribution in [0, 0.1) is 6.92 Å². The molecule has 0 spiro atoms. The van der Waals surface area contributed by atoms with Gasteiger partial charge in [-0.3, -0.25) is 9.78 Å². The van der Waals surface area contributed by atoms with Gasteiger partial charge >= 0.3 is 0 Å². The molecule has 154 valence electrons. The van der Waals surface area contributed by atoms with Crippen LogP contribution in [0.4, 0.5) is 11.4 Å². The van der Waals surface area contributed by atoms with Crippen molar-refractivity contribution in [3.05, 3.63) is 78.0 Å². The van der Waals surface area contributed by atoms with Gasteiger partial charge in [0.25, 0.3) is 5.91 Å². The lowest BCUT2D eigenvalue weighted by molar-refractivity contribution is -0.00521. The molecule has 5 heteroatoms. The highest BCUT2D eigenvalue weighted by Crippen LogP contribution is 2.23. The Balaban J connectivity index is 1.45. The smallest absolute Gasteiger partial charge is 0.257 e. The van der Waals surface area contributed by atoms with Crippen LogP contribution in [0.25, 0.3) is 11.3 Å². The molecular formula is C25H27N3O2. The number of aromatic nitrogens is 1. The molecule has 5 nitrogen and oxygen atoms in total. The van der Waals surface area contributed by atoms with E-state index in [2.05, 4.69) is 29.0 Å². The number of carbonyl (C=O) groups is 1. The maximum absolute atomic E-state index is 12.8. The second-order valence-electron chi connectivity index (χ2n) is 7.86. The lowest BCUT2D eigenvalue weighted by atomic mass is 10.1. The first-order valence-electron chi connectivity index (χ1n) is 10.3. The Labute approximate surface area is 177 Å². The fraction of sp³-hybridized carbons (Fsp3) is 0.280. The standard InChI is InChI=1S/C25H27N3O2/c1-17-15-28(16-18(2)30-17)22-11-9-21(10-12-22)27-25(29)23-13-14-24(26-19(23)3)20-7-5-4-6-8-20/h4-14,17-18H,15-16H2,1-3H3,(H,27,29). The van der Waals surface area contributed by atoms with E-state index in [-0.39, 0.29) is 18.1 Å². The van der Waals surface area contributed by atoms with Gasteiger partial charge in [-0.1, -0.05) is 30.3 Å². The lowest BCUT2D eigenvalue weighted by Gasteiger charge is -2.36. The van der Waals surface area contributed by atoms with Crippen molar-refractivity contribution in [1.29, 1.82) is 0 Å². The molecule has 1 N–H and O–H groups in total. The minimum atomic E-state index is -0.152. The van der Waals surface area contributed by atoms with Crippen LogP contribution < -0.4 is 10.2 Å². The van der Waals surface area contributed by atoms with Crippen molar-refractivity contribution in [2.75, 3.05) is 23.3 Å². The van der Waals surface area contributed by atoms with E-state index < -0.39 is 0 Å². The van der Waals surface area contributed by atoms with Crippen LogP contribution in [-0.4, -0.2) is 36.2 Å². The summed E-state index contributed by atoms with van der Waals surface area (Å²) in [6.07, 6.45) is 0.421. The highest BCUT2D eigenvalue weighted by atomic mass is 16.5. The van der Waals surface area contributed by atoms with Crippen LogP contribution in [-0.2, 0) is 4.74 Å². The molecule has 30 heavy (non-hydrogen) atoms. The molecule has 4 rings (SSSR count). The maximum atomic E-state index is 12.8. The number of aryl methyl sites for hydroxylation is 1. The van der Waals surface area contributed by atoms with E-state index in [0.29, 0.717) is 11.3 Å². The average molecular weight is 402 g/mol. The molecule has 1 amide bonds. The highest BCUT2D eigenvalue weighted by Gasteiger charge is 2.22. The van der Waals surface area contributed by atoms with Gasteiger partial charge in [0.2, 0.25) is 0 Å². The first-order chi connectivity index (χ1) is 14.5. The summed E-state index contributed by atoms with van der Waals surface area (Å²) in [7, 11) is 0. The van der Waals surface area contributed by atoms with Crippen LogP contribution in [0.15, 0.2) is 66.7 Å². The number of ether oxygens (including phenoxy) is 1. The summed E-state index contributed by atoms with van der Waals surface area (Å²) in [5, 5.41) is 2.98. The number of benzene rings is 2. The minimum absolute atomic E-state index is 0.152. The van der Waals surface area contributed by atoms with Crippen molar-refractivity contribution < 1.29 is 9.53 Å². The first kappa shape index (κ1) is 20.1. The van der Waals surface area contributed by atoms with Crippen LogP contribution in [0.3, 0.4) is 0 Å². The van der Waals surface area contributed by atoms with Crippen molar-refractivity contribution in [3.8, 4) is 11.3 Å². The molecule has 2 heterocycles. The number of morpholine rings is 1. The van der Waals surface area contributed by atoms with Gasteiger partial charge in [-0.25, -0.2) is 0 Å². The summed E-state index contributed by atoms with van der Waals surface area (Å²) in [5.74, 6) is -0.152. The van der Waals surface area contributed by atoms with E-state index in [1.165, 1.54) is 0 Å². The number of carbonyl (C=O) groups excluding carboxylic acids is 1. The summed E-state index contributed by atoms with van der Waals surface area (Å²) in [5.41, 5.74) is 5.10. The van der Waals surface area contributed by atoms with Crippen LogP contribution >= 0.6 is 0 Å². The van der Waals surface area contributed by atoms with E-state index in [1.54, 1.807) is 0 Å². The Kier molecular flexibility index (Phi) is 5.81. The quantitative estimate of drug-likeness (QED) is 0.674.